The molecule has 0 heterocycles. The Morgan fingerprint density at radius 3 is 2.41 bits per heavy atom. The van der Waals surface area contributed by atoms with Crippen LogP contribution in [0.25, 0.3) is 6.08 Å². The summed E-state index contributed by atoms with van der Waals surface area (Å²) in [7, 11) is 1.54. The van der Waals surface area contributed by atoms with E-state index < -0.39 is 17.8 Å². The van der Waals surface area contributed by atoms with E-state index in [9.17, 15) is 14.4 Å². The van der Waals surface area contributed by atoms with E-state index in [1.165, 1.54) is 25.3 Å². The highest BCUT2D eigenvalue weighted by Gasteiger charge is 2.08. The molecular formula is C21H22N2O6. The minimum Gasteiger partial charge on any atom is -0.496 e. The van der Waals surface area contributed by atoms with Gasteiger partial charge in [-0.05, 0) is 43.3 Å². The van der Waals surface area contributed by atoms with E-state index >= 15 is 0 Å². The molecule has 0 saturated carbocycles. The maximum absolute atomic E-state index is 11.8. The first-order valence-electron chi connectivity index (χ1n) is 8.83. The van der Waals surface area contributed by atoms with Gasteiger partial charge in [-0.1, -0.05) is 18.2 Å². The molecular weight excluding hydrogens is 376 g/mol. The monoisotopic (exact) mass is 398 g/mol. The Bertz CT molecular complexity index is 877. The summed E-state index contributed by atoms with van der Waals surface area (Å²) in [6.07, 6.45) is 2.84. The van der Waals surface area contributed by atoms with E-state index in [1.807, 2.05) is 12.1 Å². The fourth-order valence-corrected chi connectivity index (χ4v) is 2.23. The van der Waals surface area contributed by atoms with Gasteiger partial charge in [0.1, 0.15) is 11.5 Å². The van der Waals surface area contributed by atoms with Crippen molar-refractivity contribution < 1.29 is 28.6 Å². The van der Waals surface area contributed by atoms with Gasteiger partial charge < -0.3 is 14.2 Å². The third kappa shape index (κ3) is 7.02. The maximum atomic E-state index is 11.8. The predicted octanol–water partition coefficient (Wildman–Crippen LogP) is 2.11. The second-order valence-corrected chi connectivity index (χ2v) is 5.65. The van der Waals surface area contributed by atoms with Crippen molar-refractivity contribution >= 4 is 23.9 Å². The molecule has 0 aliphatic heterocycles. The van der Waals surface area contributed by atoms with Gasteiger partial charge in [-0.25, -0.2) is 4.79 Å². The van der Waals surface area contributed by atoms with Crippen molar-refractivity contribution in [3.8, 4) is 11.5 Å². The highest BCUT2D eigenvalue weighted by atomic mass is 16.5. The number of carbonyl (C=O) groups excluding carboxylic acids is 3. The number of hydrogen-bond acceptors (Lipinski definition) is 6. The van der Waals surface area contributed by atoms with Gasteiger partial charge in [0.05, 0.1) is 19.3 Å². The number of nitrogens with one attached hydrogen (secondary N) is 2. The third-order valence-electron chi connectivity index (χ3n) is 3.61. The lowest BCUT2D eigenvalue weighted by molar-refractivity contribution is -0.128. The van der Waals surface area contributed by atoms with Crippen molar-refractivity contribution in [2.24, 2.45) is 0 Å². The van der Waals surface area contributed by atoms with Crippen molar-refractivity contribution in [1.82, 2.24) is 10.9 Å². The molecule has 2 amide bonds. The Balaban J connectivity index is 1.76. The van der Waals surface area contributed by atoms with Crippen LogP contribution in [0.2, 0.25) is 0 Å². The quantitative estimate of drug-likeness (QED) is 0.401. The lowest BCUT2D eigenvalue weighted by Gasteiger charge is -2.08. The molecule has 29 heavy (non-hydrogen) atoms. The zero-order valence-corrected chi connectivity index (χ0v) is 16.1. The number of benzene rings is 2. The van der Waals surface area contributed by atoms with E-state index in [4.69, 9.17) is 14.2 Å². The number of ether oxygens (including phenoxy) is 3. The molecule has 2 rings (SSSR count). The summed E-state index contributed by atoms with van der Waals surface area (Å²) in [6.45, 7) is 1.70. The summed E-state index contributed by atoms with van der Waals surface area (Å²) < 4.78 is 15.4. The van der Waals surface area contributed by atoms with Gasteiger partial charge in [0.15, 0.2) is 6.61 Å². The number of carbonyl (C=O) groups is 3. The summed E-state index contributed by atoms with van der Waals surface area (Å²) in [5, 5.41) is 0. The second kappa shape index (κ2) is 11.1. The number of methoxy groups -OCH3 is 1. The van der Waals surface area contributed by atoms with Gasteiger partial charge >= 0.3 is 5.97 Å². The Morgan fingerprint density at radius 2 is 1.72 bits per heavy atom. The van der Waals surface area contributed by atoms with Crippen molar-refractivity contribution in [2.45, 2.75) is 6.92 Å². The zero-order chi connectivity index (χ0) is 21.1. The molecule has 0 radical (unpaired) electrons. The topological polar surface area (TPSA) is 103 Å². The highest BCUT2D eigenvalue weighted by molar-refractivity contribution is 5.93. The van der Waals surface area contributed by atoms with Crippen molar-refractivity contribution in [3.05, 3.63) is 65.7 Å². The molecule has 8 nitrogen and oxygen atoms in total. The number of para-hydroxylation sites is 1. The minimum absolute atomic E-state index is 0.289. The summed E-state index contributed by atoms with van der Waals surface area (Å²) >= 11 is 0. The van der Waals surface area contributed by atoms with Crippen LogP contribution >= 0.6 is 0 Å². The SMILES string of the molecule is CCOC(=O)c1ccc(OCC(=O)NNC(=O)/C=C/c2ccccc2OC)cc1. The van der Waals surface area contributed by atoms with Crippen LogP contribution < -0.4 is 20.3 Å². The number of esters is 1. The first-order chi connectivity index (χ1) is 14.0. The fraction of sp³-hybridized carbons (Fsp3) is 0.190. The second-order valence-electron chi connectivity index (χ2n) is 5.65. The molecule has 0 atom stereocenters. The molecule has 0 bridgehead atoms. The molecule has 152 valence electrons. The van der Waals surface area contributed by atoms with Crippen LogP contribution in [0.4, 0.5) is 0 Å². The Kier molecular flexibility index (Phi) is 8.25. The van der Waals surface area contributed by atoms with E-state index in [2.05, 4.69) is 10.9 Å². The maximum Gasteiger partial charge on any atom is 0.338 e. The first kappa shape index (κ1) is 21.5. The average molecular weight is 398 g/mol. The van der Waals surface area contributed by atoms with Crippen LogP contribution in [0.1, 0.15) is 22.8 Å². The van der Waals surface area contributed by atoms with Gasteiger partial charge in [-0.15, -0.1) is 0 Å². The average Bonchev–Trinajstić information content (AvgIpc) is 2.75. The summed E-state index contributed by atoms with van der Waals surface area (Å²) in [6, 6.07) is 13.4. The predicted molar refractivity (Wildman–Crippen MR) is 106 cm³/mol. The van der Waals surface area contributed by atoms with Crippen LogP contribution in [0.5, 0.6) is 11.5 Å². The molecule has 0 saturated heterocycles. The first-order valence-corrected chi connectivity index (χ1v) is 8.83. The molecule has 0 spiro atoms. The lowest BCUT2D eigenvalue weighted by atomic mass is 10.2. The molecule has 2 N–H and O–H groups in total. The smallest absolute Gasteiger partial charge is 0.338 e. The molecule has 8 heteroatoms. The van der Waals surface area contributed by atoms with Crippen LogP contribution in [-0.2, 0) is 14.3 Å². The lowest BCUT2D eigenvalue weighted by Crippen LogP contribution is -2.43. The van der Waals surface area contributed by atoms with Crippen LogP contribution in [0.15, 0.2) is 54.6 Å². The van der Waals surface area contributed by atoms with E-state index in [-0.39, 0.29) is 13.2 Å². The Hall–Kier alpha value is -3.81. The van der Waals surface area contributed by atoms with Crippen molar-refractivity contribution in [1.29, 1.82) is 0 Å². The summed E-state index contributed by atoms with van der Waals surface area (Å²) in [5.74, 6) is -0.458. The van der Waals surface area contributed by atoms with E-state index in [0.717, 1.165) is 5.56 Å². The van der Waals surface area contributed by atoms with Crippen LogP contribution in [-0.4, -0.2) is 38.1 Å². The molecule has 0 aliphatic rings. The van der Waals surface area contributed by atoms with Gasteiger partial charge in [0.2, 0.25) is 0 Å². The largest absolute Gasteiger partial charge is 0.496 e. The Morgan fingerprint density at radius 1 is 1.00 bits per heavy atom. The molecule has 2 aromatic carbocycles. The minimum atomic E-state index is -0.543. The highest BCUT2D eigenvalue weighted by Crippen LogP contribution is 2.18. The summed E-state index contributed by atoms with van der Waals surface area (Å²) in [5.41, 5.74) is 5.62. The molecule has 0 unspecified atom stereocenters. The molecule has 0 fully saturated rings. The number of hydrogen-bond donors (Lipinski definition) is 2. The number of hydrazine groups is 1. The van der Waals surface area contributed by atoms with Crippen molar-refractivity contribution in [3.63, 3.8) is 0 Å². The third-order valence-corrected chi connectivity index (χ3v) is 3.61. The molecule has 0 aromatic heterocycles. The summed E-state index contributed by atoms with van der Waals surface area (Å²) in [4.78, 5) is 35.2. The zero-order valence-electron chi connectivity index (χ0n) is 16.1. The number of amides is 2. The van der Waals surface area contributed by atoms with Crippen LogP contribution in [0, 0.1) is 0 Å². The number of rotatable bonds is 8. The van der Waals surface area contributed by atoms with E-state index in [1.54, 1.807) is 37.3 Å². The molecule has 0 aliphatic carbocycles. The van der Waals surface area contributed by atoms with Gasteiger partial charge in [-0.2, -0.15) is 0 Å². The molecule has 2 aromatic rings. The van der Waals surface area contributed by atoms with Gasteiger partial charge in [0, 0.05) is 11.6 Å². The van der Waals surface area contributed by atoms with Gasteiger partial charge in [0.25, 0.3) is 11.8 Å². The normalized spacial score (nSPS) is 10.3. The van der Waals surface area contributed by atoms with Crippen molar-refractivity contribution in [2.75, 3.05) is 20.3 Å². The standard InChI is InChI=1S/C21H22N2O6/c1-3-28-21(26)16-8-11-17(12-9-16)29-14-20(25)23-22-19(24)13-10-15-6-4-5-7-18(15)27-2/h4-13H,3,14H2,1-2H3,(H,22,24)(H,23,25)/b13-10+. The Labute approximate surface area is 168 Å². The van der Waals surface area contributed by atoms with Crippen LogP contribution in [0.3, 0.4) is 0 Å². The van der Waals surface area contributed by atoms with Gasteiger partial charge in [-0.3, -0.25) is 20.4 Å². The van der Waals surface area contributed by atoms with E-state index in [0.29, 0.717) is 17.1 Å². The fourth-order valence-electron chi connectivity index (χ4n) is 2.23.